The predicted octanol–water partition coefficient (Wildman–Crippen LogP) is 3.90. The lowest BCUT2D eigenvalue weighted by molar-refractivity contribution is 0.473. The van der Waals surface area contributed by atoms with Crippen LogP contribution >= 0.6 is 0 Å². The largest absolute Gasteiger partial charge is 0.508 e. The quantitative estimate of drug-likeness (QED) is 0.711. The molecule has 2 aromatic carbocycles. The van der Waals surface area contributed by atoms with Gasteiger partial charge in [0.2, 0.25) is 0 Å². The third kappa shape index (κ3) is 2.89. The molecule has 4 nitrogen and oxygen atoms in total. The summed E-state index contributed by atoms with van der Waals surface area (Å²) in [5.41, 5.74) is 1.25. The van der Waals surface area contributed by atoms with E-state index in [-0.39, 0.29) is 16.9 Å². The Morgan fingerprint density at radius 1 is 0.905 bits per heavy atom. The van der Waals surface area contributed by atoms with Gasteiger partial charge in [0.1, 0.15) is 23.3 Å². The normalized spacial score (nSPS) is 10.0. The standard InChI is InChI=1S/C15H10O4.C2H6/c16-10-3-1-9(2-4-10)13-8-19-14-7-11(17)5-6-12(14)15(13)18;1-2/h1-8,16-17H;1-2H3. The molecule has 3 aromatic rings. The Hall–Kier alpha value is -2.75. The maximum absolute atomic E-state index is 12.3. The SMILES string of the molecule is CC.O=c1c(-c2ccc(O)cc2)coc2cc(O)ccc12. The van der Waals surface area contributed by atoms with Crippen LogP contribution in [-0.2, 0) is 0 Å². The summed E-state index contributed by atoms with van der Waals surface area (Å²) >= 11 is 0. The fraction of sp³-hybridized carbons (Fsp3) is 0.118. The van der Waals surface area contributed by atoms with Gasteiger partial charge in [-0.1, -0.05) is 26.0 Å². The second-order valence-electron chi connectivity index (χ2n) is 4.21. The summed E-state index contributed by atoms with van der Waals surface area (Å²) in [7, 11) is 0. The summed E-state index contributed by atoms with van der Waals surface area (Å²) in [5.74, 6) is 0.187. The lowest BCUT2D eigenvalue weighted by Gasteiger charge is -2.03. The lowest BCUT2D eigenvalue weighted by Crippen LogP contribution is -2.04. The molecule has 1 heterocycles. The van der Waals surface area contributed by atoms with Crippen LogP contribution < -0.4 is 5.43 Å². The van der Waals surface area contributed by atoms with Crippen molar-refractivity contribution in [2.24, 2.45) is 0 Å². The van der Waals surface area contributed by atoms with Gasteiger partial charge in [-0.25, -0.2) is 0 Å². The second kappa shape index (κ2) is 6.13. The molecule has 4 heteroatoms. The minimum Gasteiger partial charge on any atom is -0.508 e. The fourth-order valence-electron chi connectivity index (χ4n) is 1.96. The molecule has 3 rings (SSSR count). The molecule has 0 saturated heterocycles. The van der Waals surface area contributed by atoms with Gasteiger partial charge < -0.3 is 14.6 Å². The zero-order valence-corrected chi connectivity index (χ0v) is 11.8. The summed E-state index contributed by atoms with van der Waals surface area (Å²) in [5, 5.41) is 19.0. The fourth-order valence-corrected chi connectivity index (χ4v) is 1.96. The zero-order valence-electron chi connectivity index (χ0n) is 11.8. The van der Waals surface area contributed by atoms with Gasteiger partial charge in [-0.3, -0.25) is 4.79 Å². The van der Waals surface area contributed by atoms with Gasteiger partial charge in [-0.2, -0.15) is 0 Å². The van der Waals surface area contributed by atoms with Gasteiger partial charge in [0, 0.05) is 6.07 Å². The predicted molar refractivity (Wildman–Crippen MR) is 82.6 cm³/mol. The molecule has 0 aliphatic rings. The van der Waals surface area contributed by atoms with E-state index in [0.29, 0.717) is 22.1 Å². The van der Waals surface area contributed by atoms with Crippen molar-refractivity contribution in [3.63, 3.8) is 0 Å². The van der Waals surface area contributed by atoms with Crippen LogP contribution in [0.4, 0.5) is 0 Å². The monoisotopic (exact) mass is 284 g/mol. The highest BCUT2D eigenvalue weighted by atomic mass is 16.3. The molecule has 0 aliphatic carbocycles. The van der Waals surface area contributed by atoms with Crippen molar-refractivity contribution in [1.82, 2.24) is 0 Å². The van der Waals surface area contributed by atoms with Gasteiger partial charge in [0.15, 0.2) is 5.43 Å². The van der Waals surface area contributed by atoms with Gasteiger partial charge in [0.25, 0.3) is 0 Å². The Bertz CT molecular complexity index is 801. The first kappa shape index (κ1) is 14.7. The summed E-state index contributed by atoms with van der Waals surface area (Å²) in [6.45, 7) is 4.00. The molecule has 0 radical (unpaired) electrons. The van der Waals surface area contributed by atoms with Crippen molar-refractivity contribution < 1.29 is 14.6 Å². The molecule has 1 aromatic heterocycles. The highest BCUT2D eigenvalue weighted by molar-refractivity contribution is 5.82. The van der Waals surface area contributed by atoms with Crippen molar-refractivity contribution in [2.45, 2.75) is 13.8 Å². The molecule has 2 N–H and O–H groups in total. The summed E-state index contributed by atoms with van der Waals surface area (Å²) < 4.78 is 5.37. The molecule has 0 atom stereocenters. The van der Waals surface area contributed by atoms with E-state index in [0.717, 1.165) is 0 Å². The van der Waals surface area contributed by atoms with Crippen LogP contribution in [0.25, 0.3) is 22.1 Å². The Labute approximate surface area is 121 Å². The van der Waals surface area contributed by atoms with Crippen LogP contribution in [0.15, 0.2) is 57.9 Å². The minimum absolute atomic E-state index is 0.0491. The third-order valence-electron chi connectivity index (χ3n) is 2.94. The van der Waals surface area contributed by atoms with E-state index in [1.54, 1.807) is 12.1 Å². The summed E-state index contributed by atoms with van der Waals surface area (Å²) in [6.07, 6.45) is 1.36. The van der Waals surface area contributed by atoms with E-state index in [4.69, 9.17) is 4.42 Å². The van der Waals surface area contributed by atoms with E-state index in [1.165, 1.54) is 36.6 Å². The minimum atomic E-state index is -0.174. The first-order valence-corrected chi connectivity index (χ1v) is 6.69. The van der Waals surface area contributed by atoms with Crippen LogP contribution in [0, 0.1) is 0 Å². The zero-order chi connectivity index (χ0) is 15.4. The average Bonchev–Trinajstić information content (AvgIpc) is 2.51. The number of rotatable bonds is 1. The number of phenols is 2. The van der Waals surface area contributed by atoms with Gasteiger partial charge in [0.05, 0.1) is 10.9 Å². The third-order valence-corrected chi connectivity index (χ3v) is 2.94. The van der Waals surface area contributed by atoms with E-state index < -0.39 is 0 Å². The van der Waals surface area contributed by atoms with E-state index in [9.17, 15) is 15.0 Å². The first-order chi connectivity index (χ1) is 10.1. The maximum atomic E-state index is 12.3. The van der Waals surface area contributed by atoms with E-state index in [2.05, 4.69) is 0 Å². The Morgan fingerprint density at radius 2 is 1.52 bits per heavy atom. The van der Waals surface area contributed by atoms with Crippen LogP contribution in [0.5, 0.6) is 11.5 Å². The smallest absolute Gasteiger partial charge is 0.200 e. The molecule has 0 spiro atoms. The highest BCUT2D eigenvalue weighted by Gasteiger charge is 2.09. The van der Waals surface area contributed by atoms with Crippen LogP contribution in [0.2, 0.25) is 0 Å². The molecular formula is C17H16O4. The van der Waals surface area contributed by atoms with Gasteiger partial charge in [-0.05, 0) is 29.8 Å². The average molecular weight is 284 g/mol. The van der Waals surface area contributed by atoms with Crippen molar-refractivity contribution in [2.75, 3.05) is 0 Å². The number of aromatic hydroxyl groups is 2. The van der Waals surface area contributed by atoms with Crippen molar-refractivity contribution in [3.8, 4) is 22.6 Å². The van der Waals surface area contributed by atoms with Crippen molar-refractivity contribution in [1.29, 1.82) is 0 Å². The number of phenolic OH excluding ortho intramolecular Hbond substituents is 2. The van der Waals surface area contributed by atoms with E-state index >= 15 is 0 Å². The van der Waals surface area contributed by atoms with Crippen molar-refractivity contribution >= 4 is 11.0 Å². The van der Waals surface area contributed by atoms with Crippen LogP contribution in [-0.4, -0.2) is 10.2 Å². The molecule has 0 bridgehead atoms. The Balaban J connectivity index is 0.000000774. The molecule has 0 amide bonds. The van der Waals surface area contributed by atoms with Crippen LogP contribution in [0.1, 0.15) is 13.8 Å². The highest BCUT2D eigenvalue weighted by Crippen LogP contribution is 2.23. The molecule has 108 valence electrons. The lowest BCUT2D eigenvalue weighted by atomic mass is 10.1. The van der Waals surface area contributed by atoms with E-state index in [1.807, 2.05) is 13.8 Å². The number of hydrogen-bond acceptors (Lipinski definition) is 4. The Kier molecular flexibility index (Phi) is 4.28. The molecular weight excluding hydrogens is 268 g/mol. The summed E-state index contributed by atoms with van der Waals surface area (Å²) in [4.78, 5) is 12.3. The van der Waals surface area contributed by atoms with Crippen LogP contribution in [0.3, 0.4) is 0 Å². The van der Waals surface area contributed by atoms with Crippen molar-refractivity contribution in [3.05, 3.63) is 59.0 Å². The number of fused-ring (bicyclic) bond motifs is 1. The molecule has 0 saturated carbocycles. The molecule has 0 unspecified atom stereocenters. The molecule has 0 fully saturated rings. The number of hydrogen-bond donors (Lipinski definition) is 2. The summed E-state index contributed by atoms with van der Waals surface area (Å²) in [6, 6.07) is 10.7. The maximum Gasteiger partial charge on any atom is 0.200 e. The molecule has 0 aliphatic heterocycles. The van der Waals surface area contributed by atoms with Gasteiger partial charge in [-0.15, -0.1) is 0 Å². The first-order valence-electron chi connectivity index (χ1n) is 6.69. The Morgan fingerprint density at radius 3 is 2.19 bits per heavy atom. The van der Waals surface area contributed by atoms with Gasteiger partial charge >= 0.3 is 0 Å². The molecule has 21 heavy (non-hydrogen) atoms. The topological polar surface area (TPSA) is 70.7 Å². The second-order valence-corrected chi connectivity index (χ2v) is 4.21. The number of benzene rings is 2.